The van der Waals surface area contributed by atoms with Crippen LogP contribution in [0.5, 0.6) is 17.2 Å². The first kappa shape index (κ1) is 23.3. The number of aromatic nitrogens is 2. The van der Waals surface area contributed by atoms with Crippen molar-refractivity contribution in [2.45, 2.75) is 13.5 Å². The molecular formula is C26H25N3O4S. The number of aryl methyl sites for hydroxylation is 1. The van der Waals surface area contributed by atoms with Crippen molar-refractivity contribution in [1.82, 2.24) is 9.97 Å². The van der Waals surface area contributed by atoms with Crippen LogP contribution in [-0.4, -0.2) is 37.2 Å². The highest BCUT2D eigenvalue weighted by atomic mass is 32.1. The molecular weight excluding hydrogens is 450 g/mol. The highest BCUT2D eigenvalue weighted by Gasteiger charge is 2.26. The number of ether oxygens (including phenoxy) is 3. The SMILES string of the molecule is COc1cc(CN(C(=O)c2nc(C)sc2-c2ccccc2)c2ccccn2)cc(OC)c1OC. The van der Waals surface area contributed by atoms with Gasteiger partial charge in [0.1, 0.15) is 11.5 Å². The molecule has 0 fully saturated rings. The zero-order valence-electron chi connectivity index (χ0n) is 19.4. The van der Waals surface area contributed by atoms with Gasteiger partial charge in [-0.05, 0) is 42.3 Å². The molecule has 2 aromatic carbocycles. The van der Waals surface area contributed by atoms with Gasteiger partial charge in [0, 0.05) is 6.20 Å². The van der Waals surface area contributed by atoms with Crippen LogP contribution in [0.4, 0.5) is 5.82 Å². The molecule has 2 heterocycles. The maximum atomic E-state index is 13.9. The molecule has 0 radical (unpaired) electrons. The van der Waals surface area contributed by atoms with E-state index in [-0.39, 0.29) is 12.5 Å². The van der Waals surface area contributed by atoms with E-state index in [1.165, 1.54) is 11.3 Å². The van der Waals surface area contributed by atoms with Crippen LogP contribution >= 0.6 is 11.3 Å². The highest BCUT2D eigenvalue weighted by molar-refractivity contribution is 7.15. The fourth-order valence-corrected chi connectivity index (χ4v) is 4.58. The van der Waals surface area contributed by atoms with E-state index in [4.69, 9.17) is 14.2 Å². The molecule has 0 aliphatic heterocycles. The molecule has 0 aliphatic rings. The van der Waals surface area contributed by atoms with Crippen LogP contribution in [0.3, 0.4) is 0 Å². The second-order valence-corrected chi connectivity index (χ2v) is 8.59. The van der Waals surface area contributed by atoms with E-state index in [1.54, 1.807) is 38.5 Å². The Bertz CT molecular complexity index is 1250. The Hall–Kier alpha value is -3.91. The Morgan fingerprint density at radius 1 is 0.941 bits per heavy atom. The number of carbonyl (C=O) groups is 1. The third-order valence-electron chi connectivity index (χ3n) is 5.21. The highest BCUT2D eigenvalue weighted by Crippen LogP contribution is 2.39. The monoisotopic (exact) mass is 475 g/mol. The van der Waals surface area contributed by atoms with E-state index >= 15 is 0 Å². The van der Waals surface area contributed by atoms with Crippen molar-refractivity contribution in [3.05, 3.63) is 83.1 Å². The zero-order chi connectivity index (χ0) is 24.1. The molecule has 0 saturated heterocycles. The van der Waals surface area contributed by atoms with Crippen molar-refractivity contribution < 1.29 is 19.0 Å². The summed E-state index contributed by atoms with van der Waals surface area (Å²) < 4.78 is 16.4. The Kier molecular flexibility index (Phi) is 7.08. The van der Waals surface area contributed by atoms with Gasteiger partial charge in [0.05, 0.1) is 37.8 Å². The quantitative estimate of drug-likeness (QED) is 0.340. The molecule has 2 aromatic heterocycles. The number of amides is 1. The summed E-state index contributed by atoms with van der Waals surface area (Å²) in [5.74, 6) is 1.80. The lowest BCUT2D eigenvalue weighted by Gasteiger charge is -2.23. The molecule has 0 saturated carbocycles. The minimum absolute atomic E-state index is 0.233. The summed E-state index contributed by atoms with van der Waals surface area (Å²) in [5.41, 5.74) is 2.14. The largest absolute Gasteiger partial charge is 0.493 e. The lowest BCUT2D eigenvalue weighted by molar-refractivity contribution is 0.0980. The van der Waals surface area contributed by atoms with E-state index in [0.717, 1.165) is 21.0 Å². The second-order valence-electron chi connectivity index (χ2n) is 7.39. The number of methoxy groups -OCH3 is 3. The zero-order valence-corrected chi connectivity index (χ0v) is 20.3. The summed E-state index contributed by atoms with van der Waals surface area (Å²) in [6.07, 6.45) is 1.66. The van der Waals surface area contributed by atoms with Gasteiger partial charge in [0.2, 0.25) is 5.75 Å². The molecule has 0 unspecified atom stereocenters. The second kappa shape index (κ2) is 10.4. The number of hydrogen-bond acceptors (Lipinski definition) is 7. The van der Waals surface area contributed by atoms with Crippen molar-refractivity contribution in [3.63, 3.8) is 0 Å². The van der Waals surface area contributed by atoms with Crippen LogP contribution in [0.25, 0.3) is 10.4 Å². The van der Waals surface area contributed by atoms with Crippen molar-refractivity contribution in [1.29, 1.82) is 0 Å². The third-order valence-corrected chi connectivity index (χ3v) is 6.23. The van der Waals surface area contributed by atoms with E-state index in [2.05, 4.69) is 9.97 Å². The van der Waals surface area contributed by atoms with Crippen LogP contribution in [0, 0.1) is 6.92 Å². The molecule has 4 rings (SSSR count). The number of pyridine rings is 1. The molecule has 0 spiro atoms. The normalized spacial score (nSPS) is 10.6. The molecule has 1 amide bonds. The Balaban J connectivity index is 1.79. The van der Waals surface area contributed by atoms with Gasteiger partial charge >= 0.3 is 0 Å². The summed E-state index contributed by atoms with van der Waals surface area (Å²) in [6, 6.07) is 18.9. The molecule has 4 aromatic rings. The van der Waals surface area contributed by atoms with E-state index in [1.807, 2.05) is 61.5 Å². The predicted molar refractivity (Wildman–Crippen MR) is 133 cm³/mol. The standard InChI is InChI=1S/C26H25N3O4S/c1-17-28-23(25(34-17)19-10-6-5-7-11-19)26(30)29(22-12-8-9-13-27-22)16-18-14-20(31-2)24(33-4)21(15-18)32-3/h5-15H,16H2,1-4H3. The number of thiazole rings is 1. The van der Waals surface area contributed by atoms with Gasteiger partial charge in [-0.25, -0.2) is 9.97 Å². The first-order valence-electron chi connectivity index (χ1n) is 10.6. The molecule has 34 heavy (non-hydrogen) atoms. The average Bonchev–Trinajstić information content (AvgIpc) is 3.28. The predicted octanol–water partition coefficient (Wildman–Crippen LogP) is 5.39. The first-order chi connectivity index (χ1) is 16.5. The van der Waals surface area contributed by atoms with Crippen LogP contribution in [0.1, 0.15) is 21.1 Å². The van der Waals surface area contributed by atoms with Crippen molar-refractivity contribution in [2.24, 2.45) is 0 Å². The van der Waals surface area contributed by atoms with Crippen LogP contribution in [-0.2, 0) is 6.54 Å². The minimum atomic E-state index is -0.240. The fraction of sp³-hybridized carbons (Fsp3) is 0.192. The maximum Gasteiger partial charge on any atom is 0.279 e. The Morgan fingerprint density at radius 3 is 2.21 bits per heavy atom. The molecule has 8 heteroatoms. The molecule has 0 N–H and O–H groups in total. The van der Waals surface area contributed by atoms with Crippen molar-refractivity contribution in [3.8, 4) is 27.7 Å². The van der Waals surface area contributed by atoms with Gasteiger partial charge in [-0.15, -0.1) is 11.3 Å². The molecule has 174 valence electrons. The number of hydrogen-bond donors (Lipinski definition) is 0. The number of nitrogens with zero attached hydrogens (tertiary/aromatic N) is 3. The van der Waals surface area contributed by atoms with Crippen LogP contribution in [0.15, 0.2) is 66.9 Å². The van der Waals surface area contributed by atoms with Crippen molar-refractivity contribution >= 4 is 23.1 Å². The molecule has 0 aliphatic carbocycles. The van der Waals surface area contributed by atoms with E-state index in [9.17, 15) is 4.79 Å². The summed E-state index contributed by atoms with van der Waals surface area (Å²) in [5, 5.41) is 0.816. The summed E-state index contributed by atoms with van der Waals surface area (Å²) in [4.78, 5) is 25.4. The number of benzene rings is 2. The first-order valence-corrected chi connectivity index (χ1v) is 11.4. The number of rotatable bonds is 8. The summed E-state index contributed by atoms with van der Waals surface area (Å²) >= 11 is 1.50. The minimum Gasteiger partial charge on any atom is -0.493 e. The van der Waals surface area contributed by atoms with E-state index in [0.29, 0.717) is 28.8 Å². The lowest BCUT2D eigenvalue weighted by Crippen LogP contribution is -2.31. The third kappa shape index (κ3) is 4.72. The van der Waals surface area contributed by atoms with Crippen LogP contribution < -0.4 is 19.1 Å². The molecule has 7 nitrogen and oxygen atoms in total. The summed E-state index contributed by atoms with van der Waals surface area (Å²) in [6.45, 7) is 2.13. The molecule has 0 bridgehead atoms. The van der Waals surface area contributed by atoms with E-state index < -0.39 is 0 Å². The number of carbonyl (C=O) groups excluding carboxylic acids is 1. The van der Waals surface area contributed by atoms with Gasteiger partial charge < -0.3 is 14.2 Å². The van der Waals surface area contributed by atoms with Gasteiger partial charge in [-0.2, -0.15) is 0 Å². The van der Waals surface area contributed by atoms with Crippen molar-refractivity contribution in [2.75, 3.05) is 26.2 Å². The lowest BCUT2D eigenvalue weighted by atomic mass is 10.1. The smallest absolute Gasteiger partial charge is 0.279 e. The fourth-order valence-electron chi connectivity index (χ4n) is 3.66. The molecule has 0 atom stereocenters. The summed E-state index contributed by atoms with van der Waals surface area (Å²) in [7, 11) is 4.68. The van der Waals surface area contributed by atoms with Gasteiger partial charge in [-0.1, -0.05) is 36.4 Å². The van der Waals surface area contributed by atoms with Gasteiger partial charge in [0.25, 0.3) is 5.91 Å². The number of anilines is 1. The van der Waals surface area contributed by atoms with Crippen LogP contribution in [0.2, 0.25) is 0 Å². The Morgan fingerprint density at radius 2 is 1.62 bits per heavy atom. The maximum absolute atomic E-state index is 13.9. The van der Waals surface area contributed by atoms with Gasteiger partial charge in [-0.3, -0.25) is 9.69 Å². The average molecular weight is 476 g/mol. The Labute approximate surface area is 202 Å². The van der Waals surface area contributed by atoms with Gasteiger partial charge in [0.15, 0.2) is 11.5 Å². The topological polar surface area (TPSA) is 73.8 Å².